The SMILES string of the molecule is CCCCOC(=O)C(CC(=O)O)S(=O)(=O)O.[NaH].[NaH]. The predicted molar refractivity (Wildman–Crippen MR) is 67.8 cm³/mol. The average molecular weight is 302 g/mol. The van der Waals surface area contributed by atoms with E-state index in [9.17, 15) is 18.0 Å². The normalized spacial score (nSPS) is 11.7. The zero-order chi connectivity index (χ0) is 12.8. The summed E-state index contributed by atoms with van der Waals surface area (Å²) in [5.74, 6) is -2.74. The molecule has 0 bridgehead atoms. The van der Waals surface area contributed by atoms with Gasteiger partial charge in [0.05, 0.1) is 13.0 Å². The summed E-state index contributed by atoms with van der Waals surface area (Å²) in [5, 5.41) is 6.33. The molecular weight excluding hydrogens is 286 g/mol. The second-order valence-corrected chi connectivity index (χ2v) is 4.72. The Morgan fingerprint density at radius 1 is 1.28 bits per heavy atom. The minimum absolute atomic E-state index is 0. The average Bonchev–Trinajstić information content (AvgIpc) is 2.12. The summed E-state index contributed by atoms with van der Waals surface area (Å²) >= 11 is 0. The number of carbonyl (C=O) groups excluding carboxylic acids is 1. The molecule has 0 rings (SSSR count). The van der Waals surface area contributed by atoms with E-state index in [-0.39, 0.29) is 65.7 Å². The number of carbonyl (C=O) groups is 2. The third-order valence-electron chi connectivity index (χ3n) is 1.72. The first kappa shape index (κ1) is 23.9. The summed E-state index contributed by atoms with van der Waals surface area (Å²) in [6.07, 6.45) is 0.267. The van der Waals surface area contributed by atoms with Gasteiger partial charge in [-0.25, -0.2) is 0 Å². The molecule has 18 heavy (non-hydrogen) atoms. The Bertz CT molecular complexity index is 354. The topological polar surface area (TPSA) is 118 Å². The molecule has 2 N–H and O–H groups in total. The molecule has 0 saturated carbocycles. The molecule has 0 aliphatic rings. The molecule has 7 nitrogen and oxygen atoms in total. The number of carboxylic acids is 1. The first-order chi connectivity index (χ1) is 7.29. The van der Waals surface area contributed by atoms with Crippen LogP contribution in [0.15, 0.2) is 0 Å². The molecule has 0 aromatic carbocycles. The second kappa shape index (κ2) is 11.7. The zero-order valence-corrected chi connectivity index (χ0v) is 9.57. The number of unbranched alkanes of at least 4 members (excludes halogenated alkanes) is 1. The summed E-state index contributed by atoms with van der Waals surface area (Å²) in [6.45, 7) is 1.84. The fourth-order valence-corrected chi connectivity index (χ4v) is 1.54. The van der Waals surface area contributed by atoms with Crippen LogP contribution in [0.1, 0.15) is 26.2 Å². The van der Waals surface area contributed by atoms with Crippen molar-refractivity contribution >= 4 is 81.2 Å². The number of hydrogen-bond acceptors (Lipinski definition) is 5. The van der Waals surface area contributed by atoms with Crippen LogP contribution in [-0.2, 0) is 24.4 Å². The fraction of sp³-hybridized carbons (Fsp3) is 0.750. The third kappa shape index (κ3) is 10.7. The van der Waals surface area contributed by atoms with E-state index in [0.717, 1.165) is 6.42 Å². The standard InChI is InChI=1S/C8H14O7S.2Na.2H/c1-2-3-4-15-8(11)6(5-7(9)10)16(12,13)14;;;;/h6H,2-5H2,1H3,(H,9,10)(H,12,13,14);;;;. The number of carboxylic acid groups (broad SMARTS) is 1. The number of aliphatic carboxylic acids is 1. The molecule has 0 aliphatic heterocycles. The summed E-state index contributed by atoms with van der Waals surface area (Å²) in [6, 6.07) is 0. The summed E-state index contributed by atoms with van der Waals surface area (Å²) in [4.78, 5) is 21.5. The molecule has 0 heterocycles. The van der Waals surface area contributed by atoms with E-state index in [0.29, 0.717) is 6.42 Å². The van der Waals surface area contributed by atoms with Crippen molar-refractivity contribution in [2.45, 2.75) is 31.4 Å². The predicted octanol–water partition coefficient (Wildman–Crippen LogP) is -1.24. The maximum absolute atomic E-state index is 11.2. The van der Waals surface area contributed by atoms with Crippen molar-refractivity contribution in [2.75, 3.05) is 6.61 Å². The number of ether oxygens (including phenoxy) is 1. The quantitative estimate of drug-likeness (QED) is 0.261. The van der Waals surface area contributed by atoms with Gasteiger partial charge in [-0.1, -0.05) is 13.3 Å². The van der Waals surface area contributed by atoms with Gasteiger partial charge in [0.1, 0.15) is 0 Å². The van der Waals surface area contributed by atoms with Gasteiger partial charge in [-0.15, -0.1) is 0 Å². The molecule has 0 amide bonds. The van der Waals surface area contributed by atoms with Crippen LogP contribution >= 0.6 is 0 Å². The number of rotatable bonds is 7. The van der Waals surface area contributed by atoms with Crippen molar-refractivity contribution in [3.8, 4) is 0 Å². The first-order valence-electron chi connectivity index (χ1n) is 4.63. The number of hydrogen-bond donors (Lipinski definition) is 2. The van der Waals surface area contributed by atoms with Gasteiger partial charge in [-0.05, 0) is 6.42 Å². The van der Waals surface area contributed by atoms with Crippen molar-refractivity contribution in [2.24, 2.45) is 0 Å². The Balaban J connectivity index is -0.00000112. The minimum atomic E-state index is -4.75. The Hall–Kier alpha value is 0.850. The van der Waals surface area contributed by atoms with Crippen LogP contribution in [-0.4, -0.2) is 101 Å². The van der Waals surface area contributed by atoms with Crippen LogP contribution in [0.2, 0.25) is 0 Å². The fourth-order valence-electron chi connectivity index (χ4n) is 0.879. The van der Waals surface area contributed by atoms with Crippen LogP contribution in [0.4, 0.5) is 0 Å². The molecule has 10 heteroatoms. The van der Waals surface area contributed by atoms with Gasteiger partial charge < -0.3 is 9.84 Å². The van der Waals surface area contributed by atoms with Crippen molar-refractivity contribution in [1.82, 2.24) is 0 Å². The monoisotopic (exact) mass is 302 g/mol. The van der Waals surface area contributed by atoms with E-state index in [2.05, 4.69) is 4.74 Å². The van der Waals surface area contributed by atoms with Crippen LogP contribution < -0.4 is 0 Å². The molecule has 0 aromatic heterocycles. The van der Waals surface area contributed by atoms with Crippen LogP contribution in [0, 0.1) is 0 Å². The van der Waals surface area contributed by atoms with E-state index < -0.39 is 33.7 Å². The van der Waals surface area contributed by atoms with Crippen LogP contribution in [0.5, 0.6) is 0 Å². The van der Waals surface area contributed by atoms with Crippen LogP contribution in [0.25, 0.3) is 0 Å². The van der Waals surface area contributed by atoms with Crippen molar-refractivity contribution in [3.63, 3.8) is 0 Å². The Labute approximate surface area is 150 Å². The van der Waals surface area contributed by atoms with Crippen molar-refractivity contribution in [1.29, 1.82) is 0 Å². The van der Waals surface area contributed by atoms with Crippen molar-refractivity contribution < 1.29 is 32.4 Å². The molecule has 98 valence electrons. The van der Waals surface area contributed by atoms with E-state index >= 15 is 0 Å². The number of esters is 1. The van der Waals surface area contributed by atoms with Gasteiger partial charge in [-0.2, -0.15) is 8.42 Å². The van der Waals surface area contributed by atoms with E-state index in [1.807, 2.05) is 6.92 Å². The van der Waals surface area contributed by atoms with Gasteiger partial charge in [0, 0.05) is 0 Å². The molecule has 0 radical (unpaired) electrons. The first-order valence-corrected chi connectivity index (χ1v) is 6.14. The summed E-state index contributed by atoms with van der Waals surface area (Å²) < 4.78 is 34.7. The van der Waals surface area contributed by atoms with E-state index in [1.54, 1.807) is 0 Å². The van der Waals surface area contributed by atoms with Gasteiger partial charge >= 0.3 is 71.1 Å². The second-order valence-electron chi connectivity index (χ2n) is 3.12. The molecule has 0 saturated heterocycles. The molecular formula is C8H16Na2O7S. The van der Waals surface area contributed by atoms with E-state index in [1.165, 1.54) is 0 Å². The molecule has 0 fully saturated rings. The van der Waals surface area contributed by atoms with E-state index in [4.69, 9.17) is 9.66 Å². The molecule has 0 aliphatic carbocycles. The molecule has 0 spiro atoms. The molecule has 1 atom stereocenters. The molecule has 1 unspecified atom stereocenters. The van der Waals surface area contributed by atoms with Gasteiger partial charge in [0.25, 0.3) is 10.1 Å². The van der Waals surface area contributed by atoms with Gasteiger partial charge in [0.15, 0.2) is 5.25 Å². The Kier molecular flexibility index (Phi) is 15.5. The van der Waals surface area contributed by atoms with Crippen LogP contribution in [0.3, 0.4) is 0 Å². The Morgan fingerprint density at radius 3 is 2.11 bits per heavy atom. The zero-order valence-electron chi connectivity index (χ0n) is 8.75. The van der Waals surface area contributed by atoms with Crippen molar-refractivity contribution in [3.05, 3.63) is 0 Å². The summed E-state index contributed by atoms with van der Waals surface area (Å²) in [7, 11) is -4.75. The molecule has 0 aromatic rings. The van der Waals surface area contributed by atoms with Gasteiger partial charge in [-0.3, -0.25) is 14.1 Å². The maximum atomic E-state index is 11.2. The summed E-state index contributed by atoms with van der Waals surface area (Å²) in [5.41, 5.74) is 0. The van der Waals surface area contributed by atoms with Gasteiger partial charge in [0.2, 0.25) is 0 Å². The third-order valence-corrected chi connectivity index (χ3v) is 2.80. The Morgan fingerprint density at radius 2 is 1.78 bits per heavy atom.